The Labute approximate surface area is 143 Å². The van der Waals surface area contributed by atoms with Crippen LogP contribution in [0.1, 0.15) is 27.8 Å². The van der Waals surface area contributed by atoms with Gasteiger partial charge >= 0.3 is 0 Å². The molecule has 0 saturated heterocycles. The molecule has 2 aromatic rings. The molecule has 5 heteroatoms. The molecule has 1 atom stereocenters. The van der Waals surface area contributed by atoms with Gasteiger partial charge in [-0.05, 0) is 13.8 Å². The van der Waals surface area contributed by atoms with Gasteiger partial charge in [0.1, 0.15) is 0 Å². The first-order chi connectivity index (χ1) is 10.5. The predicted molar refractivity (Wildman–Crippen MR) is 100 cm³/mol. The molecule has 0 saturated carbocycles. The lowest BCUT2D eigenvalue weighted by Crippen LogP contribution is -2.20. The summed E-state index contributed by atoms with van der Waals surface area (Å²) in [6.07, 6.45) is 10.7. The molecular formula is C17H18IN3O. The van der Waals surface area contributed by atoms with Crippen molar-refractivity contribution in [2.24, 2.45) is 0 Å². The molecule has 0 aliphatic carbocycles. The normalized spacial score (nSPS) is 13.7. The summed E-state index contributed by atoms with van der Waals surface area (Å²) in [5.41, 5.74) is 3.18. The number of alkyl halides is 1. The average Bonchev–Trinajstić information content (AvgIpc) is 2.87. The van der Waals surface area contributed by atoms with Crippen LogP contribution in [0, 0.1) is 6.92 Å². The summed E-state index contributed by atoms with van der Waals surface area (Å²) in [6.45, 7) is 11.3. The number of fused-ring (bicyclic) bond motifs is 1. The minimum absolute atomic E-state index is 0.0300. The van der Waals surface area contributed by atoms with Gasteiger partial charge < -0.3 is 4.98 Å². The Morgan fingerprint density at radius 3 is 2.77 bits per heavy atom. The van der Waals surface area contributed by atoms with Crippen molar-refractivity contribution in [1.82, 2.24) is 14.4 Å². The van der Waals surface area contributed by atoms with Gasteiger partial charge in [-0.3, -0.25) is 9.20 Å². The highest BCUT2D eigenvalue weighted by Gasteiger charge is 2.15. The molecule has 0 aromatic carbocycles. The molecule has 0 aliphatic rings. The molecule has 0 bridgehead atoms. The number of nitrogens with one attached hydrogen (secondary N) is 1. The topological polar surface area (TPSA) is 50.2 Å². The molecular weight excluding hydrogens is 389 g/mol. The monoisotopic (exact) mass is 407 g/mol. The third kappa shape index (κ3) is 3.14. The highest BCUT2D eigenvalue weighted by molar-refractivity contribution is 14.1. The summed E-state index contributed by atoms with van der Waals surface area (Å²) >= 11 is 2.24. The van der Waals surface area contributed by atoms with Crippen LogP contribution in [0.25, 0.3) is 11.4 Å². The van der Waals surface area contributed by atoms with E-state index in [1.54, 1.807) is 22.7 Å². The fraction of sp³-hybridized carbons (Fsp3) is 0.176. The quantitative estimate of drug-likeness (QED) is 0.460. The number of allylic oxidation sites excluding steroid dienone is 6. The molecule has 0 radical (unpaired) electrons. The highest BCUT2D eigenvalue weighted by Crippen LogP contribution is 2.22. The summed E-state index contributed by atoms with van der Waals surface area (Å²) in [4.78, 5) is 20.3. The largest absolute Gasteiger partial charge is 0.329 e. The lowest BCUT2D eigenvalue weighted by atomic mass is 10.1. The lowest BCUT2D eigenvalue weighted by molar-refractivity contribution is 0.941. The smallest absolute Gasteiger partial charge is 0.263 e. The van der Waals surface area contributed by atoms with Gasteiger partial charge in [-0.15, -0.1) is 0 Å². The second-order valence-corrected chi connectivity index (χ2v) is 6.73. The number of aromatic nitrogens is 3. The van der Waals surface area contributed by atoms with E-state index in [1.807, 2.05) is 32.1 Å². The van der Waals surface area contributed by atoms with Crippen molar-refractivity contribution in [1.29, 1.82) is 0 Å². The van der Waals surface area contributed by atoms with E-state index in [4.69, 9.17) is 0 Å². The number of aromatic amines is 1. The zero-order valence-corrected chi connectivity index (χ0v) is 14.8. The van der Waals surface area contributed by atoms with Crippen molar-refractivity contribution < 1.29 is 0 Å². The zero-order chi connectivity index (χ0) is 16.3. The number of nitrogens with zero attached hydrogens (tertiary/aromatic N) is 2. The first-order valence-electron chi connectivity index (χ1n) is 6.87. The maximum absolute atomic E-state index is 12.6. The summed E-state index contributed by atoms with van der Waals surface area (Å²) in [7, 11) is 0. The van der Waals surface area contributed by atoms with E-state index in [2.05, 4.69) is 45.7 Å². The molecule has 1 N–H and O–H groups in total. The van der Waals surface area contributed by atoms with Crippen molar-refractivity contribution in [2.75, 3.05) is 0 Å². The van der Waals surface area contributed by atoms with Gasteiger partial charge in [0.05, 0.1) is 5.69 Å². The van der Waals surface area contributed by atoms with Crippen LogP contribution in [0.4, 0.5) is 0 Å². The van der Waals surface area contributed by atoms with Crippen molar-refractivity contribution >= 4 is 33.9 Å². The van der Waals surface area contributed by atoms with E-state index in [9.17, 15) is 4.79 Å². The highest BCUT2D eigenvalue weighted by atomic mass is 127. The van der Waals surface area contributed by atoms with Gasteiger partial charge in [0.25, 0.3) is 5.56 Å². The summed E-state index contributed by atoms with van der Waals surface area (Å²) < 4.78 is 1.69. The van der Waals surface area contributed by atoms with Crippen molar-refractivity contribution in [3.8, 4) is 0 Å². The fourth-order valence-electron chi connectivity index (χ4n) is 2.28. The van der Waals surface area contributed by atoms with E-state index in [0.29, 0.717) is 11.5 Å². The van der Waals surface area contributed by atoms with Crippen LogP contribution in [-0.4, -0.2) is 14.4 Å². The Hall–Kier alpha value is -1.89. The molecule has 2 rings (SSSR count). The van der Waals surface area contributed by atoms with Crippen LogP contribution in [0.5, 0.6) is 0 Å². The van der Waals surface area contributed by atoms with E-state index in [-0.39, 0.29) is 9.48 Å². The second kappa shape index (κ2) is 6.91. The van der Waals surface area contributed by atoms with E-state index < -0.39 is 0 Å². The fourth-order valence-corrected chi connectivity index (χ4v) is 3.01. The molecule has 1 unspecified atom stereocenters. The molecule has 2 heterocycles. The van der Waals surface area contributed by atoms with Gasteiger partial charge in [0.2, 0.25) is 5.78 Å². The molecule has 0 fully saturated rings. The Balaban J connectivity index is 2.69. The molecule has 0 amide bonds. The van der Waals surface area contributed by atoms with Gasteiger partial charge in [-0.25, -0.2) is 4.98 Å². The number of halogens is 1. The molecule has 4 nitrogen and oxygen atoms in total. The third-order valence-corrected chi connectivity index (χ3v) is 3.88. The van der Waals surface area contributed by atoms with Crippen molar-refractivity contribution in [2.45, 2.75) is 17.8 Å². The number of hydrogen-bond donors (Lipinski definition) is 1. The maximum atomic E-state index is 12.6. The third-order valence-electron chi connectivity index (χ3n) is 3.26. The average molecular weight is 407 g/mol. The van der Waals surface area contributed by atoms with Crippen LogP contribution in [0.3, 0.4) is 0 Å². The number of hydrogen-bond acceptors (Lipinski definition) is 2. The molecule has 2 aromatic heterocycles. The zero-order valence-electron chi connectivity index (χ0n) is 12.6. The predicted octanol–water partition coefficient (Wildman–Crippen LogP) is 4.14. The summed E-state index contributed by atoms with van der Waals surface area (Å²) in [6, 6.07) is 0. The van der Waals surface area contributed by atoms with Crippen LogP contribution in [0.2, 0.25) is 0 Å². The number of imidazole rings is 1. The van der Waals surface area contributed by atoms with Crippen molar-refractivity contribution in [3.05, 3.63) is 77.0 Å². The Morgan fingerprint density at radius 2 is 2.18 bits per heavy atom. The Kier molecular flexibility index (Phi) is 5.18. The van der Waals surface area contributed by atoms with Gasteiger partial charge in [0.15, 0.2) is 0 Å². The van der Waals surface area contributed by atoms with Gasteiger partial charge in [0, 0.05) is 27.0 Å². The molecule has 0 spiro atoms. The summed E-state index contributed by atoms with van der Waals surface area (Å²) in [5.74, 6) is 0.542. The number of H-pyrrole nitrogens is 1. The Bertz CT molecular complexity index is 837. The standard InChI is InChI=1S/C17H18IN3O/c1-5-7-9-13(8-6-2)14-10-21-16(22)15(11(3)18)12(4)19-17(21)20-14/h5-11H,1-2H2,3-4H3,(H,19,20)/b9-7-,13-8+. The molecule has 0 aliphatic heterocycles. The van der Waals surface area contributed by atoms with Crippen LogP contribution in [0.15, 0.2) is 54.5 Å². The van der Waals surface area contributed by atoms with Gasteiger partial charge in [-0.1, -0.05) is 66.1 Å². The van der Waals surface area contributed by atoms with Crippen LogP contribution >= 0.6 is 22.6 Å². The second-order valence-electron chi connectivity index (χ2n) is 4.86. The van der Waals surface area contributed by atoms with E-state index in [1.165, 1.54) is 0 Å². The number of aryl methyl sites for hydroxylation is 1. The van der Waals surface area contributed by atoms with Crippen LogP contribution in [-0.2, 0) is 0 Å². The van der Waals surface area contributed by atoms with E-state index >= 15 is 0 Å². The molecule has 22 heavy (non-hydrogen) atoms. The first kappa shape index (κ1) is 16.5. The minimum Gasteiger partial charge on any atom is -0.329 e. The lowest BCUT2D eigenvalue weighted by Gasteiger charge is -2.07. The summed E-state index contributed by atoms with van der Waals surface area (Å²) in [5, 5.41) is 0. The van der Waals surface area contributed by atoms with Gasteiger partial charge in [-0.2, -0.15) is 0 Å². The van der Waals surface area contributed by atoms with Crippen molar-refractivity contribution in [3.63, 3.8) is 0 Å². The van der Waals surface area contributed by atoms with Crippen LogP contribution < -0.4 is 5.56 Å². The molecule has 114 valence electrons. The Morgan fingerprint density at radius 1 is 1.45 bits per heavy atom. The first-order valence-corrected chi connectivity index (χ1v) is 8.12. The number of rotatable bonds is 5. The van der Waals surface area contributed by atoms with E-state index in [0.717, 1.165) is 16.8 Å². The minimum atomic E-state index is -0.0300. The maximum Gasteiger partial charge on any atom is 0.263 e. The SMILES string of the molecule is C=C/C=C\C(=C/C=C)c1cn2c(=O)c(C(C)I)c(C)[nH]c2n1.